The second-order valence-corrected chi connectivity index (χ2v) is 4.14. The molecule has 8 heteroatoms. The molecule has 8 nitrogen and oxygen atoms in total. The molecule has 102 valence electrons. The number of carbonyl (C=O) groups is 1. The molecule has 0 fully saturated rings. The molecule has 0 radical (unpaired) electrons. The molecule has 5 N–H and O–H groups in total. The molecule has 3 rings (SSSR count). The van der Waals surface area contributed by atoms with E-state index in [4.69, 9.17) is 10.6 Å². The van der Waals surface area contributed by atoms with E-state index in [1.54, 1.807) is 12.1 Å². The van der Waals surface area contributed by atoms with Crippen molar-refractivity contribution >= 4 is 27.9 Å². The van der Waals surface area contributed by atoms with E-state index in [1.807, 2.05) is 5.43 Å². The normalized spacial score (nSPS) is 12.6. The zero-order valence-corrected chi connectivity index (χ0v) is 10.5. The minimum Gasteiger partial charge on any atom is -0.495 e. The Kier molecular flexibility index (Phi) is 2.65. The molecule has 1 aliphatic heterocycles. The van der Waals surface area contributed by atoms with Gasteiger partial charge in [-0.1, -0.05) is 0 Å². The van der Waals surface area contributed by atoms with Crippen molar-refractivity contribution in [3.05, 3.63) is 34.4 Å². The summed E-state index contributed by atoms with van der Waals surface area (Å²) < 4.78 is 5.24. The summed E-state index contributed by atoms with van der Waals surface area (Å²) in [5, 5.41) is 10.2. The topological polar surface area (TPSA) is 122 Å². The Morgan fingerprint density at radius 1 is 1.45 bits per heavy atom. The molecule has 0 spiro atoms. The van der Waals surface area contributed by atoms with Crippen LogP contribution in [0.25, 0.3) is 16.3 Å². The molecule has 20 heavy (non-hydrogen) atoms. The summed E-state index contributed by atoms with van der Waals surface area (Å²) in [6, 6.07) is 3.29. The number of nitrogens with one attached hydrogen (secondary N) is 3. The molecule has 0 aliphatic carbocycles. The lowest BCUT2D eigenvalue weighted by Crippen LogP contribution is -2.32. The zero-order chi connectivity index (χ0) is 14.3. The van der Waals surface area contributed by atoms with Crippen molar-refractivity contribution in [1.82, 2.24) is 15.6 Å². The Morgan fingerprint density at radius 3 is 2.95 bits per heavy atom. The van der Waals surface area contributed by atoms with Gasteiger partial charge in [-0.3, -0.25) is 15.0 Å². The van der Waals surface area contributed by atoms with Crippen LogP contribution in [0.2, 0.25) is 0 Å². The Labute approximate surface area is 112 Å². The van der Waals surface area contributed by atoms with Gasteiger partial charge in [-0.05, 0) is 12.1 Å². The summed E-state index contributed by atoms with van der Waals surface area (Å²) >= 11 is 0. The van der Waals surface area contributed by atoms with Crippen LogP contribution in [0.1, 0.15) is 5.69 Å². The SMILES string of the molecule is COc1ccc2c(=O)[nH]nc3c2c1NC=C3C(=O)NN. The van der Waals surface area contributed by atoms with Gasteiger partial charge in [0.2, 0.25) is 0 Å². The van der Waals surface area contributed by atoms with Gasteiger partial charge in [0.1, 0.15) is 11.4 Å². The fourth-order valence-electron chi connectivity index (χ4n) is 2.21. The molecule has 0 saturated carbocycles. The maximum Gasteiger partial charge on any atom is 0.272 e. The number of hydrazine groups is 1. The average Bonchev–Trinajstić information content (AvgIpc) is 2.49. The van der Waals surface area contributed by atoms with E-state index in [2.05, 4.69) is 15.5 Å². The van der Waals surface area contributed by atoms with Gasteiger partial charge in [0.15, 0.2) is 0 Å². The van der Waals surface area contributed by atoms with Gasteiger partial charge in [0.25, 0.3) is 11.5 Å². The molecular weight excluding hydrogens is 262 g/mol. The number of anilines is 1. The highest BCUT2D eigenvalue weighted by molar-refractivity contribution is 6.24. The first-order chi connectivity index (χ1) is 9.67. The van der Waals surface area contributed by atoms with Crippen LogP contribution in [0, 0.1) is 0 Å². The molecule has 1 aliphatic rings. The van der Waals surface area contributed by atoms with Gasteiger partial charge < -0.3 is 10.1 Å². The largest absolute Gasteiger partial charge is 0.495 e. The Balaban J connectivity index is 2.40. The summed E-state index contributed by atoms with van der Waals surface area (Å²) in [6.07, 6.45) is 1.47. The number of rotatable bonds is 2. The number of hydrogen-bond acceptors (Lipinski definition) is 6. The first-order valence-corrected chi connectivity index (χ1v) is 5.74. The van der Waals surface area contributed by atoms with Crippen molar-refractivity contribution in [3.8, 4) is 5.75 Å². The van der Waals surface area contributed by atoms with Gasteiger partial charge in [0, 0.05) is 11.6 Å². The lowest BCUT2D eigenvalue weighted by atomic mass is 10.0. The predicted octanol–water partition coefficient (Wildman–Crippen LogP) is -0.312. The van der Waals surface area contributed by atoms with Crippen LogP contribution in [0.15, 0.2) is 23.1 Å². The van der Waals surface area contributed by atoms with E-state index >= 15 is 0 Å². The molecule has 0 unspecified atom stereocenters. The molecule has 1 aromatic heterocycles. The van der Waals surface area contributed by atoms with Crippen LogP contribution in [-0.4, -0.2) is 23.2 Å². The molecule has 0 atom stereocenters. The number of nitrogens with zero attached hydrogens (tertiary/aromatic N) is 1. The summed E-state index contributed by atoms with van der Waals surface area (Å²) in [4.78, 5) is 23.6. The van der Waals surface area contributed by atoms with Crippen LogP contribution >= 0.6 is 0 Å². The van der Waals surface area contributed by atoms with Gasteiger partial charge in [-0.2, -0.15) is 5.10 Å². The number of ether oxygens (including phenoxy) is 1. The first kappa shape index (κ1) is 12.2. The maximum atomic E-state index is 11.8. The van der Waals surface area contributed by atoms with E-state index < -0.39 is 5.91 Å². The van der Waals surface area contributed by atoms with E-state index in [1.165, 1.54) is 13.3 Å². The Morgan fingerprint density at radius 2 is 2.25 bits per heavy atom. The number of hydrogen-bond donors (Lipinski definition) is 4. The maximum absolute atomic E-state index is 11.8. The van der Waals surface area contributed by atoms with Crippen LogP contribution in [0.3, 0.4) is 0 Å². The summed E-state index contributed by atoms with van der Waals surface area (Å²) in [7, 11) is 1.52. The minimum absolute atomic E-state index is 0.231. The third-order valence-corrected chi connectivity index (χ3v) is 3.13. The van der Waals surface area contributed by atoms with Crippen LogP contribution < -0.4 is 26.9 Å². The Bertz CT molecular complexity index is 809. The van der Waals surface area contributed by atoms with E-state index in [-0.39, 0.29) is 11.1 Å². The summed E-state index contributed by atoms with van der Waals surface area (Å²) in [5.74, 6) is 5.19. The number of carbonyl (C=O) groups excluding carboxylic acids is 1. The van der Waals surface area contributed by atoms with E-state index in [9.17, 15) is 9.59 Å². The van der Waals surface area contributed by atoms with Crippen LogP contribution in [0.5, 0.6) is 5.75 Å². The van der Waals surface area contributed by atoms with Crippen molar-refractivity contribution in [1.29, 1.82) is 0 Å². The third kappa shape index (κ3) is 1.55. The fourth-order valence-corrected chi connectivity index (χ4v) is 2.21. The van der Waals surface area contributed by atoms with Gasteiger partial charge in [-0.25, -0.2) is 10.9 Å². The quantitative estimate of drug-likeness (QED) is 0.338. The molecule has 0 bridgehead atoms. The van der Waals surface area contributed by atoms with E-state index in [0.717, 1.165) is 0 Å². The van der Waals surface area contributed by atoms with Crippen molar-refractivity contribution in [2.75, 3.05) is 12.4 Å². The molecule has 1 amide bonds. The summed E-state index contributed by atoms with van der Waals surface area (Å²) in [5.41, 5.74) is 2.86. The number of nitrogens with two attached hydrogens (primary N) is 1. The lowest BCUT2D eigenvalue weighted by molar-refractivity contribution is -0.115. The van der Waals surface area contributed by atoms with Crippen LogP contribution in [-0.2, 0) is 4.79 Å². The van der Waals surface area contributed by atoms with Gasteiger partial charge in [0.05, 0.1) is 23.8 Å². The second kappa shape index (κ2) is 4.35. The molecule has 2 heterocycles. The smallest absolute Gasteiger partial charge is 0.272 e. The number of aromatic amines is 1. The fraction of sp³-hybridized carbons (Fsp3) is 0.0833. The number of benzene rings is 1. The Hall–Kier alpha value is -2.87. The average molecular weight is 273 g/mol. The number of aromatic nitrogens is 2. The molecule has 0 saturated heterocycles. The number of amides is 1. The second-order valence-electron chi connectivity index (χ2n) is 4.14. The molecule has 2 aromatic rings. The number of H-pyrrole nitrogens is 1. The highest BCUT2D eigenvalue weighted by atomic mass is 16.5. The summed E-state index contributed by atoms with van der Waals surface area (Å²) in [6.45, 7) is 0. The van der Waals surface area contributed by atoms with E-state index in [0.29, 0.717) is 27.9 Å². The van der Waals surface area contributed by atoms with Crippen molar-refractivity contribution in [3.63, 3.8) is 0 Å². The predicted molar refractivity (Wildman–Crippen MR) is 72.8 cm³/mol. The third-order valence-electron chi connectivity index (χ3n) is 3.13. The lowest BCUT2D eigenvalue weighted by Gasteiger charge is -2.19. The van der Waals surface area contributed by atoms with Crippen molar-refractivity contribution in [2.24, 2.45) is 5.84 Å². The molecule has 1 aromatic carbocycles. The first-order valence-electron chi connectivity index (χ1n) is 5.74. The van der Waals surface area contributed by atoms with Gasteiger partial charge >= 0.3 is 0 Å². The van der Waals surface area contributed by atoms with Crippen molar-refractivity contribution < 1.29 is 9.53 Å². The van der Waals surface area contributed by atoms with Gasteiger partial charge in [-0.15, -0.1) is 0 Å². The number of methoxy groups -OCH3 is 1. The zero-order valence-electron chi connectivity index (χ0n) is 10.5. The highest BCUT2D eigenvalue weighted by Crippen LogP contribution is 2.38. The van der Waals surface area contributed by atoms with Crippen molar-refractivity contribution in [2.45, 2.75) is 0 Å². The highest BCUT2D eigenvalue weighted by Gasteiger charge is 2.24. The molecular formula is C12H11N5O3. The monoisotopic (exact) mass is 273 g/mol. The van der Waals surface area contributed by atoms with Crippen LogP contribution in [0.4, 0.5) is 5.69 Å². The standard InChI is InChI=1S/C12H11N5O3/c1-20-7-3-2-5-8-9(16-17-12(5)19)6(11(18)15-13)4-14-10(7)8/h2-4,14H,13H2,1H3,(H,15,18)(H,17,19). The minimum atomic E-state index is -0.508.